The molecule has 0 radical (unpaired) electrons. The fraction of sp³-hybridized carbons (Fsp3) is 0.250. The summed E-state index contributed by atoms with van der Waals surface area (Å²) < 4.78 is 38.8. The molecule has 0 aromatic heterocycles. The predicted molar refractivity (Wildman–Crippen MR) is 79.0 cm³/mol. The van der Waals surface area contributed by atoms with Crippen LogP contribution in [0, 0.1) is 6.92 Å². The van der Waals surface area contributed by atoms with Crippen LogP contribution in [0.25, 0.3) is 0 Å². The largest absolute Gasteiger partial charge is 0.416 e. The summed E-state index contributed by atoms with van der Waals surface area (Å²) in [5.41, 5.74) is -0.651. The number of rotatable bonds is 2. The summed E-state index contributed by atoms with van der Waals surface area (Å²) in [4.78, 5) is 0. The lowest BCUT2D eigenvalue weighted by Gasteiger charge is -2.28. The third-order valence-corrected chi connectivity index (χ3v) is 4.17. The number of aryl methyl sites for hydroxylation is 1. The number of alkyl halides is 3. The number of benzene rings is 2. The van der Waals surface area contributed by atoms with Crippen LogP contribution in [-0.4, -0.2) is 5.11 Å². The van der Waals surface area contributed by atoms with E-state index in [9.17, 15) is 18.3 Å². The Morgan fingerprint density at radius 1 is 1.00 bits per heavy atom. The van der Waals surface area contributed by atoms with Crippen LogP contribution in [0.15, 0.2) is 46.9 Å². The van der Waals surface area contributed by atoms with Crippen LogP contribution >= 0.6 is 15.9 Å². The van der Waals surface area contributed by atoms with Crippen molar-refractivity contribution in [1.29, 1.82) is 0 Å². The van der Waals surface area contributed by atoms with Crippen LogP contribution < -0.4 is 0 Å². The maximum atomic E-state index is 12.7. The second-order valence-corrected chi connectivity index (χ2v) is 5.93. The highest BCUT2D eigenvalue weighted by Gasteiger charge is 2.33. The Labute approximate surface area is 129 Å². The monoisotopic (exact) mass is 358 g/mol. The molecule has 0 aliphatic rings. The third kappa shape index (κ3) is 3.14. The van der Waals surface area contributed by atoms with E-state index < -0.39 is 17.3 Å². The fourth-order valence-electron chi connectivity index (χ4n) is 2.39. The van der Waals surface area contributed by atoms with Gasteiger partial charge in [0.15, 0.2) is 0 Å². The maximum absolute atomic E-state index is 12.7. The molecule has 21 heavy (non-hydrogen) atoms. The van der Waals surface area contributed by atoms with E-state index in [1.54, 1.807) is 32.0 Å². The van der Waals surface area contributed by atoms with Crippen molar-refractivity contribution in [2.24, 2.45) is 0 Å². The highest BCUT2D eigenvalue weighted by molar-refractivity contribution is 9.10. The Morgan fingerprint density at radius 3 is 2.14 bits per heavy atom. The van der Waals surface area contributed by atoms with Gasteiger partial charge in [-0.2, -0.15) is 13.2 Å². The zero-order valence-corrected chi connectivity index (χ0v) is 13.1. The zero-order valence-electron chi connectivity index (χ0n) is 11.5. The first-order chi connectivity index (χ1) is 9.64. The molecule has 0 aliphatic heterocycles. The predicted octanol–water partition coefficient (Wildman–Crippen LogP) is 5.03. The van der Waals surface area contributed by atoms with Gasteiger partial charge in [-0.25, -0.2) is 0 Å². The molecule has 0 saturated heterocycles. The molecule has 1 nitrogen and oxygen atoms in total. The van der Waals surface area contributed by atoms with Crippen LogP contribution in [0.4, 0.5) is 13.2 Å². The van der Waals surface area contributed by atoms with Gasteiger partial charge in [0.1, 0.15) is 5.60 Å². The lowest BCUT2D eigenvalue weighted by atomic mass is 9.85. The molecular formula is C16H14BrF3O. The topological polar surface area (TPSA) is 20.2 Å². The Balaban J connectivity index is 2.54. The number of halogens is 4. The Kier molecular flexibility index (Phi) is 4.17. The van der Waals surface area contributed by atoms with Gasteiger partial charge in [-0.15, -0.1) is 0 Å². The molecule has 0 heterocycles. The first-order valence-electron chi connectivity index (χ1n) is 6.29. The highest BCUT2D eigenvalue weighted by atomic mass is 79.9. The lowest BCUT2D eigenvalue weighted by Crippen LogP contribution is -2.25. The van der Waals surface area contributed by atoms with Crippen molar-refractivity contribution in [3.63, 3.8) is 0 Å². The van der Waals surface area contributed by atoms with E-state index in [4.69, 9.17) is 0 Å². The van der Waals surface area contributed by atoms with Crippen molar-refractivity contribution in [3.8, 4) is 0 Å². The Hall–Kier alpha value is -1.33. The van der Waals surface area contributed by atoms with Crippen LogP contribution in [0.2, 0.25) is 0 Å². The quantitative estimate of drug-likeness (QED) is 0.797. The average Bonchev–Trinajstić information content (AvgIpc) is 2.37. The molecule has 0 spiro atoms. The molecule has 5 heteroatoms. The molecule has 2 aromatic rings. The number of aliphatic hydroxyl groups is 1. The molecule has 2 aromatic carbocycles. The van der Waals surface area contributed by atoms with E-state index in [-0.39, 0.29) is 0 Å². The molecule has 1 atom stereocenters. The molecule has 1 unspecified atom stereocenters. The van der Waals surface area contributed by atoms with Gasteiger partial charge in [0.25, 0.3) is 0 Å². The first-order valence-corrected chi connectivity index (χ1v) is 7.09. The van der Waals surface area contributed by atoms with Crippen molar-refractivity contribution in [1.82, 2.24) is 0 Å². The highest BCUT2D eigenvalue weighted by Crippen LogP contribution is 2.38. The minimum absolute atomic E-state index is 0.394. The average molecular weight is 359 g/mol. The summed E-state index contributed by atoms with van der Waals surface area (Å²) in [5, 5.41) is 10.8. The second kappa shape index (κ2) is 5.46. The molecule has 0 bridgehead atoms. The van der Waals surface area contributed by atoms with E-state index in [0.717, 1.165) is 12.1 Å². The summed E-state index contributed by atoms with van der Waals surface area (Å²) in [6.45, 7) is 3.14. The molecule has 2 rings (SSSR count). The Morgan fingerprint density at radius 2 is 1.62 bits per heavy atom. The van der Waals surface area contributed by atoms with Gasteiger partial charge in [-0.05, 0) is 43.2 Å². The van der Waals surface area contributed by atoms with Crippen LogP contribution in [0.3, 0.4) is 0 Å². The number of hydrogen-bond donors (Lipinski definition) is 1. The molecule has 1 N–H and O–H groups in total. The summed E-state index contributed by atoms with van der Waals surface area (Å²) in [6, 6.07) is 10.5. The van der Waals surface area contributed by atoms with Gasteiger partial charge in [-0.1, -0.05) is 40.2 Å². The van der Waals surface area contributed by atoms with Gasteiger partial charge in [0.05, 0.1) is 5.56 Å². The minimum Gasteiger partial charge on any atom is -0.381 e. The lowest BCUT2D eigenvalue weighted by molar-refractivity contribution is -0.137. The van der Waals surface area contributed by atoms with Crippen LogP contribution in [-0.2, 0) is 11.8 Å². The summed E-state index contributed by atoms with van der Waals surface area (Å²) in [5.74, 6) is 0. The van der Waals surface area contributed by atoms with Gasteiger partial charge in [0, 0.05) is 10.0 Å². The zero-order chi connectivity index (χ0) is 15.8. The molecular weight excluding hydrogens is 345 g/mol. The van der Waals surface area contributed by atoms with Crippen molar-refractivity contribution in [2.75, 3.05) is 0 Å². The fourth-order valence-corrected chi connectivity index (χ4v) is 3.06. The van der Waals surface area contributed by atoms with Crippen LogP contribution in [0.1, 0.15) is 29.2 Å². The maximum Gasteiger partial charge on any atom is 0.416 e. The summed E-state index contributed by atoms with van der Waals surface area (Å²) in [6.07, 6.45) is -4.39. The van der Waals surface area contributed by atoms with Gasteiger partial charge >= 0.3 is 6.18 Å². The summed E-state index contributed by atoms with van der Waals surface area (Å²) in [7, 11) is 0. The minimum atomic E-state index is -4.39. The SMILES string of the molecule is Cc1cc(C(F)(F)F)ccc1C(C)(O)c1ccccc1Br. The molecule has 0 saturated carbocycles. The van der Waals surface area contributed by atoms with Crippen molar-refractivity contribution in [2.45, 2.75) is 25.6 Å². The summed E-state index contributed by atoms with van der Waals surface area (Å²) >= 11 is 3.36. The van der Waals surface area contributed by atoms with E-state index in [0.29, 0.717) is 21.2 Å². The van der Waals surface area contributed by atoms with E-state index in [1.807, 2.05) is 6.07 Å². The third-order valence-electron chi connectivity index (χ3n) is 3.48. The Bertz CT molecular complexity index is 663. The molecule has 112 valence electrons. The first kappa shape index (κ1) is 16.0. The van der Waals surface area contributed by atoms with Crippen molar-refractivity contribution < 1.29 is 18.3 Å². The van der Waals surface area contributed by atoms with E-state index >= 15 is 0 Å². The van der Waals surface area contributed by atoms with E-state index in [2.05, 4.69) is 15.9 Å². The normalized spacial score (nSPS) is 14.8. The van der Waals surface area contributed by atoms with Gasteiger partial charge < -0.3 is 5.11 Å². The van der Waals surface area contributed by atoms with Crippen LogP contribution in [0.5, 0.6) is 0 Å². The number of hydrogen-bond acceptors (Lipinski definition) is 1. The molecule has 0 amide bonds. The van der Waals surface area contributed by atoms with Crippen molar-refractivity contribution >= 4 is 15.9 Å². The van der Waals surface area contributed by atoms with Gasteiger partial charge in [0.2, 0.25) is 0 Å². The smallest absolute Gasteiger partial charge is 0.381 e. The standard InChI is InChI=1S/C16H14BrF3O/c1-10-9-11(16(18,19)20)7-8-12(10)15(2,21)13-5-3-4-6-14(13)17/h3-9,21H,1-2H3. The van der Waals surface area contributed by atoms with E-state index in [1.165, 1.54) is 6.07 Å². The van der Waals surface area contributed by atoms with Crippen molar-refractivity contribution in [3.05, 3.63) is 69.2 Å². The molecule has 0 aliphatic carbocycles. The molecule has 0 fully saturated rings. The second-order valence-electron chi connectivity index (χ2n) is 5.08. The van der Waals surface area contributed by atoms with Gasteiger partial charge in [-0.3, -0.25) is 0 Å².